The molecule has 3 nitrogen and oxygen atoms in total. The van der Waals surface area contributed by atoms with Crippen molar-refractivity contribution in [3.8, 4) is 5.75 Å². The Bertz CT molecular complexity index is 983. The van der Waals surface area contributed by atoms with Crippen molar-refractivity contribution in [3.05, 3.63) is 95.6 Å². The van der Waals surface area contributed by atoms with E-state index in [1.54, 1.807) is 6.07 Å². The van der Waals surface area contributed by atoms with Crippen LogP contribution in [-0.4, -0.2) is 26.2 Å². The second-order valence-corrected chi connectivity index (χ2v) is 7.88. The minimum Gasteiger partial charge on any atom is -0.489 e. The molecule has 0 spiro atoms. The molecule has 1 aliphatic heterocycles. The van der Waals surface area contributed by atoms with Crippen molar-refractivity contribution in [2.24, 2.45) is 0 Å². The summed E-state index contributed by atoms with van der Waals surface area (Å²) in [6, 6.07) is 23.8. The Hall–Kier alpha value is -2.99. The molecule has 3 aromatic rings. The van der Waals surface area contributed by atoms with Crippen LogP contribution in [0.1, 0.15) is 16.7 Å². The van der Waals surface area contributed by atoms with Gasteiger partial charge in [0.25, 0.3) is 0 Å². The standard InChI is InChI=1S/C25H25F3N2O/c26-25(27,28)22-9-5-10-23(17-22)30-14-12-29(13-15-30)18-21-8-4-11-24(16-21)31-19-20-6-2-1-3-7-20/h1-11,16-17H,12-15,18-19H2/p+1. The van der Waals surface area contributed by atoms with Gasteiger partial charge in [0.05, 0.1) is 31.7 Å². The summed E-state index contributed by atoms with van der Waals surface area (Å²) < 4.78 is 44.9. The van der Waals surface area contributed by atoms with Crippen LogP contribution in [0.5, 0.6) is 5.75 Å². The van der Waals surface area contributed by atoms with E-state index in [1.165, 1.54) is 22.6 Å². The van der Waals surface area contributed by atoms with Crippen LogP contribution in [0, 0.1) is 0 Å². The molecule has 0 atom stereocenters. The van der Waals surface area contributed by atoms with E-state index >= 15 is 0 Å². The van der Waals surface area contributed by atoms with Crippen molar-refractivity contribution in [2.45, 2.75) is 19.3 Å². The molecule has 0 aromatic heterocycles. The van der Waals surface area contributed by atoms with Gasteiger partial charge < -0.3 is 14.5 Å². The van der Waals surface area contributed by atoms with Crippen LogP contribution >= 0.6 is 0 Å². The van der Waals surface area contributed by atoms with E-state index in [2.05, 4.69) is 12.1 Å². The van der Waals surface area contributed by atoms with Gasteiger partial charge in [-0.1, -0.05) is 48.5 Å². The molecule has 0 bridgehead atoms. The molecular formula is C25H26F3N2O+. The number of hydrogen-bond donors (Lipinski definition) is 1. The first-order chi connectivity index (χ1) is 15.0. The summed E-state index contributed by atoms with van der Waals surface area (Å²) in [5.41, 5.74) is 2.38. The second-order valence-electron chi connectivity index (χ2n) is 7.88. The van der Waals surface area contributed by atoms with E-state index in [9.17, 15) is 13.2 Å². The number of nitrogens with one attached hydrogen (secondary N) is 1. The number of halogens is 3. The zero-order valence-corrected chi connectivity index (χ0v) is 17.2. The highest BCUT2D eigenvalue weighted by Gasteiger charge is 2.31. The van der Waals surface area contributed by atoms with Crippen LogP contribution in [0.3, 0.4) is 0 Å². The van der Waals surface area contributed by atoms with Crippen molar-refractivity contribution < 1.29 is 22.8 Å². The lowest BCUT2D eigenvalue weighted by atomic mass is 10.1. The van der Waals surface area contributed by atoms with E-state index in [4.69, 9.17) is 4.74 Å². The largest absolute Gasteiger partial charge is 0.489 e. The van der Waals surface area contributed by atoms with Gasteiger partial charge in [-0.2, -0.15) is 13.2 Å². The molecule has 0 saturated carbocycles. The fourth-order valence-electron chi connectivity index (χ4n) is 3.91. The summed E-state index contributed by atoms with van der Waals surface area (Å²) in [5.74, 6) is 0.850. The highest BCUT2D eigenvalue weighted by Crippen LogP contribution is 2.31. The highest BCUT2D eigenvalue weighted by molar-refractivity contribution is 5.49. The average Bonchev–Trinajstić information content (AvgIpc) is 2.79. The molecule has 1 aliphatic rings. The summed E-state index contributed by atoms with van der Waals surface area (Å²) in [6.45, 7) is 4.64. The molecule has 31 heavy (non-hydrogen) atoms. The van der Waals surface area contributed by atoms with Crippen molar-refractivity contribution in [1.29, 1.82) is 0 Å². The van der Waals surface area contributed by atoms with Crippen molar-refractivity contribution in [1.82, 2.24) is 0 Å². The van der Waals surface area contributed by atoms with Crippen LogP contribution in [-0.2, 0) is 19.3 Å². The third kappa shape index (κ3) is 5.79. The molecular weight excluding hydrogens is 401 g/mol. The zero-order valence-electron chi connectivity index (χ0n) is 17.2. The minimum atomic E-state index is -4.31. The summed E-state index contributed by atoms with van der Waals surface area (Å²) in [6.07, 6.45) is -4.31. The quantitative estimate of drug-likeness (QED) is 0.635. The molecule has 3 aromatic carbocycles. The van der Waals surface area contributed by atoms with Gasteiger partial charge >= 0.3 is 6.18 Å². The van der Waals surface area contributed by atoms with E-state index in [0.29, 0.717) is 12.3 Å². The van der Waals surface area contributed by atoms with E-state index in [-0.39, 0.29) is 0 Å². The van der Waals surface area contributed by atoms with Crippen LogP contribution < -0.4 is 14.5 Å². The molecule has 0 amide bonds. The Balaban J connectivity index is 1.31. The van der Waals surface area contributed by atoms with Gasteiger partial charge in [0.15, 0.2) is 0 Å². The molecule has 1 fully saturated rings. The van der Waals surface area contributed by atoms with Crippen molar-refractivity contribution >= 4 is 5.69 Å². The monoisotopic (exact) mass is 427 g/mol. The number of ether oxygens (including phenoxy) is 1. The van der Waals surface area contributed by atoms with Gasteiger partial charge in [-0.05, 0) is 35.9 Å². The molecule has 6 heteroatoms. The lowest BCUT2D eigenvalue weighted by Crippen LogP contribution is -3.13. The first-order valence-corrected chi connectivity index (χ1v) is 10.5. The van der Waals surface area contributed by atoms with Crippen LogP contribution in [0.15, 0.2) is 78.9 Å². The van der Waals surface area contributed by atoms with Crippen molar-refractivity contribution in [3.63, 3.8) is 0 Å². The highest BCUT2D eigenvalue weighted by atomic mass is 19.4. The number of anilines is 1. The molecule has 0 radical (unpaired) electrons. The lowest BCUT2D eigenvalue weighted by molar-refractivity contribution is -0.914. The van der Waals surface area contributed by atoms with E-state index in [0.717, 1.165) is 50.1 Å². The topological polar surface area (TPSA) is 16.9 Å². The van der Waals surface area contributed by atoms with E-state index in [1.807, 2.05) is 47.4 Å². The first kappa shape index (κ1) is 21.2. The van der Waals surface area contributed by atoms with Gasteiger partial charge in [-0.3, -0.25) is 0 Å². The van der Waals surface area contributed by atoms with Crippen LogP contribution in [0.2, 0.25) is 0 Å². The smallest absolute Gasteiger partial charge is 0.416 e. The molecule has 1 N–H and O–H groups in total. The maximum absolute atomic E-state index is 13.0. The number of hydrogen-bond acceptors (Lipinski definition) is 2. The number of quaternary nitrogens is 1. The minimum absolute atomic E-state index is 0.535. The number of alkyl halides is 3. The number of benzene rings is 3. The third-order valence-electron chi connectivity index (χ3n) is 5.61. The van der Waals surface area contributed by atoms with Gasteiger partial charge in [0.2, 0.25) is 0 Å². The molecule has 162 valence electrons. The Morgan fingerprint density at radius 2 is 1.52 bits per heavy atom. The average molecular weight is 427 g/mol. The van der Waals surface area contributed by atoms with E-state index < -0.39 is 11.7 Å². The van der Waals surface area contributed by atoms with Gasteiger partial charge in [-0.25, -0.2) is 0 Å². The summed E-state index contributed by atoms with van der Waals surface area (Å²) >= 11 is 0. The SMILES string of the molecule is FC(F)(F)c1cccc(N2CC[NH+](Cc3cccc(OCc4ccccc4)c3)CC2)c1. The van der Waals surface area contributed by atoms with Crippen LogP contribution in [0.25, 0.3) is 0 Å². The summed E-state index contributed by atoms with van der Waals surface area (Å²) in [5, 5.41) is 0. The molecule has 1 saturated heterocycles. The third-order valence-corrected chi connectivity index (χ3v) is 5.61. The number of rotatable bonds is 6. The lowest BCUT2D eigenvalue weighted by Gasteiger charge is -2.34. The van der Waals surface area contributed by atoms with Crippen molar-refractivity contribution in [2.75, 3.05) is 31.1 Å². The predicted octanol–water partition coefficient (Wildman–Crippen LogP) is 4.19. The summed E-state index contributed by atoms with van der Waals surface area (Å²) in [7, 11) is 0. The summed E-state index contributed by atoms with van der Waals surface area (Å²) in [4.78, 5) is 3.46. The van der Waals surface area contributed by atoms with Crippen LogP contribution in [0.4, 0.5) is 18.9 Å². The zero-order chi connectivity index (χ0) is 21.7. The molecule has 1 heterocycles. The maximum atomic E-state index is 13.0. The van der Waals surface area contributed by atoms with Gasteiger partial charge in [0, 0.05) is 11.3 Å². The normalized spacial score (nSPS) is 15.1. The Kier molecular flexibility index (Phi) is 6.47. The fourth-order valence-corrected chi connectivity index (χ4v) is 3.91. The maximum Gasteiger partial charge on any atom is 0.416 e. The Labute approximate surface area is 180 Å². The first-order valence-electron chi connectivity index (χ1n) is 10.5. The molecule has 0 aliphatic carbocycles. The number of piperazine rings is 1. The second kappa shape index (κ2) is 9.43. The molecule has 0 unspecified atom stereocenters. The van der Waals surface area contributed by atoms with Gasteiger partial charge in [-0.15, -0.1) is 0 Å². The number of nitrogens with zero attached hydrogens (tertiary/aromatic N) is 1. The molecule has 4 rings (SSSR count). The Morgan fingerprint density at radius 1 is 0.806 bits per heavy atom. The Morgan fingerprint density at radius 3 is 2.26 bits per heavy atom. The van der Waals surface area contributed by atoms with Gasteiger partial charge in [0.1, 0.15) is 18.9 Å². The fraction of sp³-hybridized carbons (Fsp3) is 0.280. The predicted molar refractivity (Wildman–Crippen MR) is 115 cm³/mol.